The lowest BCUT2D eigenvalue weighted by Gasteiger charge is -2.33. The number of amides is 1. The van der Waals surface area contributed by atoms with Gasteiger partial charge in [0.05, 0.1) is 27.7 Å². The monoisotopic (exact) mass is 547 g/mol. The summed E-state index contributed by atoms with van der Waals surface area (Å²) in [7, 11) is 3.73. The third kappa shape index (κ3) is 6.33. The Morgan fingerprint density at radius 2 is 1.56 bits per heavy atom. The average molecular weight is 549 g/mol. The number of benzene rings is 3. The predicted molar refractivity (Wildman–Crippen MR) is 148 cm³/mol. The SMILES string of the molecule is CN(CC(=O)N(C)C(CN1CCCC1)c1ccc(-c2ccc(F)c(Cl)c2)cc1)c1ccc(Cl)c(Cl)c1. The molecular formula is C28H29Cl3FN3O. The maximum atomic E-state index is 13.6. The average Bonchev–Trinajstić information content (AvgIpc) is 3.39. The Kier molecular flexibility index (Phi) is 8.78. The van der Waals surface area contributed by atoms with Crippen LogP contribution >= 0.6 is 34.8 Å². The first-order valence-electron chi connectivity index (χ1n) is 11.9. The highest BCUT2D eigenvalue weighted by molar-refractivity contribution is 6.42. The van der Waals surface area contributed by atoms with Gasteiger partial charge in [0.2, 0.25) is 5.91 Å². The van der Waals surface area contributed by atoms with E-state index < -0.39 is 5.82 Å². The summed E-state index contributed by atoms with van der Waals surface area (Å²) in [5.74, 6) is -0.434. The first kappa shape index (κ1) is 26.7. The largest absolute Gasteiger partial charge is 0.365 e. The molecule has 1 saturated heterocycles. The van der Waals surface area contributed by atoms with Gasteiger partial charge < -0.3 is 14.7 Å². The van der Waals surface area contributed by atoms with Crippen LogP contribution in [0.5, 0.6) is 0 Å². The molecule has 1 unspecified atom stereocenters. The second-order valence-corrected chi connectivity index (χ2v) is 10.5. The number of hydrogen-bond acceptors (Lipinski definition) is 3. The number of anilines is 1. The molecule has 0 saturated carbocycles. The Bertz CT molecular complexity index is 1220. The van der Waals surface area contributed by atoms with E-state index in [1.54, 1.807) is 24.3 Å². The van der Waals surface area contributed by atoms with Crippen LogP contribution in [0.4, 0.5) is 10.1 Å². The first-order valence-corrected chi connectivity index (χ1v) is 13.1. The summed E-state index contributed by atoms with van der Waals surface area (Å²) < 4.78 is 13.6. The Morgan fingerprint density at radius 3 is 2.19 bits per heavy atom. The highest BCUT2D eigenvalue weighted by atomic mass is 35.5. The van der Waals surface area contributed by atoms with Crippen molar-refractivity contribution < 1.29 is 9.18 Å². The van der Waals surface area contributed by atoms with Crippen LogP contribution in [0.15, 0.2) is 60.7 Å². The van der Waals surface area contributed by atoms with Crippen LogP contribution in [-0.4, -0.2) is 56.0 Å². The summed E-state index contributed by atoms with van der Waals surface area (Å²) in [6, 6.07) is 18.0. The summed E-state index contributed by atoms with van der Waals surface area (Å²) in [5, 5.41) is 1.03. The van der Waals surface area contributed by atoms with Crippen molar-refractivity contribution in [2.75, 3.05) is 45.2 Å². The summed E-state index contributed by atoms with van der Waals surface area (Å²) >= 11 is 18.2. The van der Waals surface area contributed by atoms with E-state index in [4.69, 9.17) is 34.8 Å². The molecular weight excluding hydrogens is 520 g/mol. The van der Waals surface area contributed by atoms with Gasteiger partial charge in [-0.3, -0.25) is 4.79 Å². The molecule has 4 nitrogen and oxygen atoms in total. The van der Waals surface area contributed by atoms with Crippen molar-refractivity contribution in [3.8, 4) is 11.1 Å². The number of halogens is 4. The normalized spacial score (nSPS) is 14.6. The molecule has 36 heavy (non-hydrogen) atoms. The minimum absolute atomic E-state index is 0.00200. The summed E-state index contributed by atoms with van der Waals surface area (Å²) in [6.07, 6.45) is 2.35. The molecule has 0 N–H and O–H groups in total. The molecule has 1 aliphatic rings. The van der Waals surface area contributed by atoms with Crippen molar-refractivity contribution in [2.45, 2.75) is 18.9 Å². The number of carbonyl (C=O) groups is 1. The van der Waals surface area contributed by atoms with Gasteiger partial charge in [0.15, 0.2) is 0 Å². The van der Waals surface area contributed by atoms with Crippen LogP contribution in [0.3, 0.4) is 0 Å². The highest BCUT2D eigenvalue weighted by Gasteiger charge is 2.26. The molecule has 3 aromatic rings. The van der Waals surface area contributed by atoms with Crippen molar-refractivity contribution in [3.05, 3.63) is 87.1 Å². The topological polar surface area (TPSA) is 26.8 Å². The van der Waals surface area contributed by atoms with Crippen LogP contribution in [0.25, 0.3) is 11.1 Å². The number of rotatable bonds is 8. The summed E-state index contributed by atoms with van der Waals surface area (Å²) in [6.45, 7) is 3.04. The van der Waals surface area contributed by atoms with Gasteiger partial charge in [0, 0.05) is 26.3 Å². The van der Waals surface area contributed by atoms with Gasteiger partial charge in [-0.25, -0.2) is 4.39 Å². The second kappa shape index (κ2) is 11.8. The first-order chi connectivity index (χ1) is 17.2. The Hall–Kier alpha value is -2.31. The zero-order valence-corrected chi connectivity index (χ0v) is 22.6. The molecule has 0 spiro atoms. The molecule has 1 amide bonds. The van der Waals surface area contributed by atoms with Gasteiger partial charge in [-0.05, 0) is 73.0 Å². The maximum absolute atomic E-state index is 13.6. The van der Waals surface area contributed by atoms with Crippen molar-refractivity contribution in [1.29, 1.82) is 0 Å². The van der Waals surface area contributed by atoms with Crippen molar-refractivity contribution >= 4 is 46.4 Å². The lowest BCUT2D eigenvalue weighted by atomic mass is 9.99. The number of nitrogens with zero attached hydrogens (tertiary/aromatic N) is 3. The van der Waals surface area contributed by atoms with E-state index in [0.717, 1.165) is 42.0 Å². The predicted octanol–water partition coefficient (Wildman–Crippen LogP) is 7.18. The molecule has 8 heteroatoms. The molecule has 190 valence electrons. The summed E-state index contributed by atoms with van der Waals surface area (Å²) in [4.78, 5) is 19.5. The van der Waals surface area contributed by atoms with E-state index in [-0.39, 0.29) is 23.5 Å². The Balaban J connectivity index is 1.53. The van der Waals surface area contributed by atoms with Crippen molar-refractivity contribution in [3.63, 3.8) is 0 Å². The fourth-order valence-electron chi connectivity index (χ4n) is 4.54. The van der Waals surface area contributed by atoms with E-state index in [9.17, 15) is 9.18 Å². The minimum Gasteiger partial charge on any atom is -0.365 e. The standard InChI is InChI=1S/C28H29Cl3FN3O/c1-33(22-10-11-23(29)24(30)16-22)18-28(36)34(2)27(17-35-13-3-4-14-35)20-7-5-19(6-8-20)21-9-12-26(32)25(31)15-21/h5-12,15-16,27H,3-4,13-14,17-18H2,1-2H3. The molecule has 1 atom stereocenters. The molecule has 1 heterocycles. The van der Waals surface area contributed by atoms with Gasteiger partial charge >= 0.3 is 0 Å². The van der Waals surface area contributed by atoms with E-state index in [2.05, 4.69) is 4.90 Å². The molecule has 0 bridgehead atoms. The van der Waals surface area contributed by atoms with Crippen LogP contribution in [0, 0.1) is 5.82 Å². The van der Waals surface area contributed by atoms with Crippen LogP contribution in [0.1, 0.15) is 24.4 Å². The van der Waals surface area contributed by atoms with Crippen LogP contribution in [-0.2, 0) is 4.79 Å². The van der Waals surface area contributed by atoms with Crippen LogP contribution in [0.2, 0.25) is 15.1 Å². The van der Waals surface area contributed by atoms with Gasteiger partial charge in [-0.15, -0.1) is 0 Å². The number of likely N-dealkylation sites (tertiary alicyclic amines) is 1. The quantitative estimate of drug-likeness (QED) is 0.298. The second-order valence-electron chi connectivity index (χ2n) is 9.23. The zero-order chi connectivity index (χ0) is 25.8. The number of likely N-dealkylation sites (N-methyl/N-ethyl adjacent to an activating group) is 2. The third-order valence-electron chi connectivity index (χ3n) is 6.76. The number of carbonyl (C=O) groups excluding carboxylic acids is 1. The summed E-state index contributed by atoms with van der Waals surface area (Å²) in [5.41, 5.74) is 3.65. The fraction of sp³-hybridized carbons (Fsp3) is 0.321. The molecule has 0 aromatic heterocycles. The van der Waals surface area contributed by atoms with Crippen molar-refractivity contribution in [1.82, 2.24) is 9.80 Å². The van der Waals surface area contributed by atoms with Gasteiger partial charge in [0.25, 0.3) is 0 Å². The molecule has 4 rings (SSSR count). The molecule has 0 aliphatic carbocycles. The molecule has 1 aliphatic heterocycles. The molecule has 3 aromatic carbocycles. The molecule has 1 fully saturated rings. The van der Waals surface area contributed by atoms with E-state index in [1.165, 1.54) is 18.9 Å². The Morgan fingerprint density at radius 1 is 0.889 bits per heavy atom. The smallest absolute Gasteiger partial charge is 0.242 e. The van der Waals surface area contributed by atoms with Gasteiger partial charge in [-0.1, -0.05) is 65.1 Å². The van der Waals surface area contributed by atoms with E-state index >= 15 is 0 Å². The van der Waals surface area contributed by atoms with Gasteiger partial charge in [-0.2, -0.15) is 0 Å². The minimum atomic E-state index is -0.436. The van der Waals surface area contributed by atoms with E-state index in [0.29, 0.717) is 10.0 Å². The maximum Gasteiger partial charge on any atom is 0.242 e. The lowest BCUT2D eigenvalue weighted by molar-refractivity contribution is -0.131. The lowest BCUT2D eigenvalue weighted by Crippen LogP contribution is -2.42. The van der Waals surface area contributed by atoms with Crippen LogP contribution < -0.4 is 4.90 Å². The Labute approximate surface area is 227 Å². The zero-order valence-electron chi connectivity index (χ0n) is 20.4. The van der Waals surface area contributed by atoms with Crippen molar-refractivity contribution in [2.24, 2.45) is 0 Å². The highest BCUT2D eigenvalue weighted by Crippen LogP contribution is 2.30. The fourth-order valence-corrected chi connectivity index (χ4v) is 5.01. The third-order valence-corrected chi connectivity index (χ3v) is 7.78. The molecule has 0 radical (unpaired) electrons. The van der Waals surface area contributed by atoms with E-state index in [1.807, 2.05) is 54.2 Å². The van der Waals surface area contributed by atoms with Gasteiger partial charge in [0.1, 0.15) is 5.82 Å². The number of hydrogen-bond donors (Lipinski definition) is 0.